The van der Waals surface area contributed by atoms with Gasteiger partial charge in [0.05, 0.1) is 16.7 Å². The van der Waals surface area contributed by atoms with E-state index in [0.29, 0.717) is 17.0 Å². The van der Waals surface area contributed by atoms with Crippen LogP contribution < -0.4 is 5.73 Å². The van der Waals surface area contributed by atoms with E-state index in [1.165, 1.54) is 18.6 Å². The Labute approximate surface area is 218 Å². The molecule has 3 heterocycles. The van der Waals surface area contributed by atoms with Crippen molar-refractivity contribution in [2.45, 2.75) is 24.8 Å². The Morgan fingerprint density at radius 1 is 0.816 bits per heavy atom. The van der Waals surface area contributed by atoms with Crippen molar-refractivity contribution in [3.05, 3.63) is 102 Å². The lowest BCUT2D eigenvalue weighted by Gasteiger charge is -2.38. The highest BCUT2D eigenvalue weighted by atomic mass is 19.1. The van der Waals surface area contributed by atoms with Crippen LogP contribution in [0.15, 0.2) is 91.0 Å². The van der Waals surface area contributed by atoms with Crippen molar-refractivity contribution in [2.75, 3.05) is 0 Å². The van der Waals surface area contributed by atoms with Gasteiger partial charge in [0.2, 0.25) is 0 Å². The highest BCUT2D eigenvalue weighted by Crippen LogP contribution is 2.40. The molecule has 0 bridgehead atoms. The summed E-state index contributed by atoms with van der Waals surface area (Å²) < 4.78 is 15.6. The van der Waals surface area contributed by atoms with Crippen LogP contribution in [0.25, 0.3) is 50.5 Å². The number of pyridine rings is 2. The molecule has 1 aliphatic carbocycles. The first-order chi connectivity index (χ1) is 18.5. The molecule has 0 atom stereocenters. The number of aromatic nitrogens is 4. The fourth-order valence-electron chi connectivity index (χ4n) is 5.32. The minimum absolute atomic E-state index is 0.219. The Morgan fingerprint density at radius 3 is 2.29 bits per heavy atom. The molecule has 0 radical (unpaired) electrons. The van der Waals surface area contributed by atoms with Gasteiger partial charge in [-0.3, -0.25) is 4.40 Å². The average Bonchev–Trinajstić information content (AvgIpc) is 3.38. The van der Waals surface area contributed by atoms with Gasteiger partial charge in [0.15, 0.2) is 23.0 Å². The largest absolute Gasteiger partial charge is 0.505 e. The molecule has 1 saturated carbocycles. The molecule has 1 aliphatic rings. The third kappa shape index (κ3) is 3.55. The number of halogens is 1. The van der Waals surface area contributed by atoms with Crippen molar-refractivity contribution in [1.29, 1.82) is 0 Å². The minimum atomic E-state index is -0.686. The number of hydrogen-bond acceptors (Lipinski definition) is 5. The van der Waals surface area contributed by atoms with E-state index in [2.05, 4.69) is 52.7 Å². The van der Waals surface area contributed by atoms with Crippen molar-refractivity contribution in [3.8, 4) is 39.5 Å². The lowest BCUT2D eigenvalue weighted by atomic mass is 9.72. The molecule has 0 spiro atoms. The number of fused-ring (bicyclic) bond motifs is 3. The highest BCUT2D eigenvalue weighted by Gasteiger charge is 2.34. The molecule has 0 aliphatic heterocycles. The van der Waals surface area contributed by atoms with Gasteiger partial charge in [0, 0.05) is 22.2 Å². The zero-order chi connectivity index (χ0) is 25.9. The van der Waals surface area contributed by atoms with Crippen LogP contribution in [0.5, 0.6) is 5.75 Å². The van der Waals surface area contributed by atoms with E-state index in [1.807, 2.05) is 34.7 Å². The summed E-state index contributed by atoms with van der Waals surface area (Å²) >= 11 is 0. The molecule has 0 saturated heterocycles. The fourth-order valence-corrected chi connectivity index (χ4v) is 5.32. The van der Waals surface area contributed by atoms with Crippen molar-refractivity contribution in [1.82, 2.24) is 19.6 Å². The molecule has 186 valence electrons. The van der Waals surface area contributed by atoms with Crippen molar-refractivity contribution >= 4 is 16.7 Å². The van der Waals surface area contributed by atoms with Crippen LogP contribution in [0.1, 0.15) is 24.8 Å². The highest BCUT2D eigenvalue weighted by molar-refractivity contribution is 5.92. The van der Waals surface area contributed by atoms with Crippen LogP contribution in [-0.2, 0) is 5.54 Å². The second-order valence-corrected chi connectivity index (χ2v) is 9.96. The van der Waals surface area contributed by atoms with Gasteiger partial charge in [-0.15, -0.1) is 10.2 Å². The SMILES string of the molecule is NC1(c2ccc(-c3nc4ccc5nnc(-c6ccc(F)c(O)c6)n5c4cc3-c3ccccc3)cc2)CCC1. The van der Waals surface area contributed by atoms with E-state index in [9.17, 15) is 9.50 Å². The monoisotopic (exact) mass is 501 g/mol. The average molecular weight is 502 g/mol. The summed E-state index contributed by atoms with van der Waals surface area (Å²) in [7, 11) is 0. The van der Waals surface area contributed by atoms with Crippen LogP contribution in [0.3, 0.4) is 0 Å². The molecular weight excluding hydrogens is 477 g/mol. The van der Waals surface area contributed by atoms with E-state index < -0.39 is 11.6 Å². The third-order valence-electron chi connectivity index (χ3n) is 7.62. The molecule has 7 heteroatoms. The second kappa shape index (κ2) is 8.46. The maximum atomic E-state index is 13.8. The van der Waals surface area contributed by atoms with E-state index in [0.717, 1.165) is 51.8 Å². The van der Waals surface area contributed by atoms with Crippen molar-refractivity contribution in [3.63, 3.8) is 0 Å². The summed E-state index contributed by atoms with van der Waals surface area (Å²) in [6.45, 7) is 0. The molecule has 6 nitrogen and oxygen atoms in total. The molecule has 3 aromatic heterocycles. The summed E-state index contributed by atoms with van der Waals surface area (Å²) in [5, 5.41) is 18.7. The molecule has 3 aromatic carbocycles. The Morgan fingerprint density at radius 2 is 1.58 bits per heavy atom. The lowest BCUT2D eigenvalue weighted by molar-refractivity contribution is 0.253. The Bertz CT molecular complexity index is 1830. The minimum Gasteiger partial charge on any atom is -0.505 e. The predicted octanol–water partition coefficient (Wildman–Crippen LogP) is 6.46. The topological polar surface area (TPSA) is 89.3 Å². The van der Waals surface area contributed by atoms with Gasteiger partial charge in [-0.2, -0.15) is 0 Å². The maximum absolute atomic E-state index is 13.8. The quantitative estimate of drug-likeness (QED) is 0.289. The van der Waals surface area contributed by atoms with Gasteiger partial charge >= 0.3 is 0 Å². The molecule has 6 aromatic rings. The molecule has 0 amide bonds. The summed E-state index contributed by atoms with van der Waals surface area (Å²) in [5.74, 6) is -0.629. The molecular formula is C31H24FN5O. The maximum Gasteiger partial charge on any atom is 0.169 e. The molecule has 38 heavy (non-hydrogen) atoms. The van der Waals surface area contributed by atoms with E-state index >= 15 is 0 Å². The first-order valence-corrected chi connectivity index (χ1v) is 12.6. The van der Waals surface area contributed by atoms with Gasteiger partial charge in [0.25, 0.3) is 0 Å². The van der Waals surface area contributed by atoms with Crippen molar-refractivity contribution in [2.24, 2.45) is 5.73 Å². The normalized spacial score (nSPS) is 14.6. The smallest absolute Gasteiger partial charge is 0.169 e. The Kier molecular flexibility index (Phi) is 5.03. The number of phenols is 1. The number of phenolic OH excluding ortho intramolecular Hbond substituents is 1. The van der Waals surface area contributed by atoms with E-state index in [4.69, 9.17) is 10.7 Å². The third-order valence-corrected chi connectivity index (χ3v) is 7.62. The van der Waals surface area contributed by atoms with E-state index in [1.54, 1.807) is 6.07 Å². The van der Waals surface area contributed by atoms with Crippen LogP contribution >= 0.6 is 0 Å². The lowest BCUT2D eigenvalue weighted by Crippen LogP contribution is -2.43. The van der Waals surface area contributed by atoms with Gasteiger partial charge in [-0.1, -0.05) is 54.6 Å². The second-order valence-electron chi connectivity index (χ2n) is 9.96. The molecule has 0 unspecified atom stereocenters. The summed E-state index contributed by atoms with van der Waals surface area (Å²) in [5.41, 5.74) is 14.1. The summed E-state index contributed by atoms with van der Waals surface area (Å²) in [4.78, 5) is 5.13. The zero-order valence-corrected chi connectivity index (χ0v) is 20.5. The Balaban J connectivity index is 1.46. The van der Waals surface area contributed by atoms with Crippen LogP contribution in [0.4, 0.5) is 4.39 Å². The van der Waals surface area contributed by atoms with Crippen LogP contribution in [0, 0.1) is 5.82 Å². The Hall–Kier alpha value is -4.62. The number of hydrogen-bond donors (Lipinski definition) is 2. The van der Waals surface area contributed by atoms with Gasteiger partial charge < -0.3 is 10.8 Å². The number of aromatic hydroxyl groups is 1. The van der Waals surface area contributed by atoms with Crippen molar-refractivity contribution < 1.29 is 9.50 Å². The number of rotatable bonds is 4. The first-order valence-electron chi connectivity index (χ1n) is 12.6. The van der Waals surface area contributed by atoms with Gasteiger partial charge in [-0.05, 0) is 66.8 Å². The number of benzene rings is 3. The predicted molar refractivity (Wildman–Crippen MR) is 146 cm³/mol. The molecule has 1 fully saturated rings. The summed E-state index contributed by atoms with van der Waals surface area (Å²) in [6, 6.07) is 28.6. The molecule has 3 N–H and O–H groups in total. The van der Waals surface area contributed by atoms with Crippen LogP contribution in [-0.4, -0.2) is 24.7 Å². The fraction of sp³-hybridized carbons (Fsp3) is 0.129. The first kappa shape index (κ1) is 22.6. The molecule has 7 rings (SSSR count). The number of nitrogens with two attached hydrogens (primary N) is 1. The van der Waals surface area contributed by atoms with Gasteiger partial charge in [-0.25, -0.2) is 9.37 Å². The van der Waals surface area contributed by atoms with Gasteiger partial charge in [0.1, 0.15) is 0 Å². The number of nitrogens with zero attached hydrogens (tertiary/aromatic N) is 4. The van der Waals surface area contributed by atoms with E-state index in [-0.39, 0.29) is 5.54 Å². The summed E-state index contributed by atoms with van der Waals surface area (Å²) in [6.07, 6.45) is 3.19. The zero-order valence-electron chi connectivity index (χ0n) is 20.5. The standard InChI is InChI=1S/C31H24FN5O/c32-24-12-9-21(17-27(24)38)30-36-35-28-14-13-25-26(37(28)30)18-23(19-5-2-1-3-6-19)29(34-25)20-7-10-22(11-8-20)31(33)15-4-16-31/h1-3,5-14,17-18,38H,4,15-16,33H2. The van der Waals surface area contributed by atoms with Crippen LogP contribution in [0.2, 0.25) is 0 Å².